The summed E-state index contributed by atoms with van der Waals surface area (Å²) in [4.78, 5) is 35.5. The van der Waals surface area contributed by atoms with E-state index in [9.17, 15) is 14.4 Å². The Kier molecular flexibility index (Phi) is 6.11. The minimum atomic E-state index is -0.537. The van der Waals surface area contributed by atoms with Gasteiger partial charge in [-0.05, 0) is 32.0 Å². The fourth-order valence-electron chi connectivity index (χ4n) is 2.50. The molecule has 1 aromatic heterocycles. The van der Waals surface area contributed by atoms with Crippen molar-refractivity contribution in [3.63, 3.8) is 0 Å². The van der Waals surface area contributed by atoms with Gasteiger partial charge in [0, 0.05) is 29.6 Å². The molecule has 2 aromatic rings. The predicted octanol–water partition coefficient (Wildman–Crippen LogP) is 1.12. The standard InChI is InChI=1S/C18H22N4O4/c1-11-15(12(2)22(3)21-11)9-16(23)20-14-7-5-6-13(8-14)18(25)19-10-17(24)26-4/h5-8H,9-10H2,1-4H3,(H,19,25)(H,20,23). The average Bonchev–Trinajstić information content (AvgIpc) is 2.85. The summed E-state index contributed by atoms with van der Waals surface area (Å²) in [5.41, 5.74) is 3.47. The van der Waals surface area contributed by atoms with Crippen molar-refractivity contribution in [1.82, 2.24) is 15.1 Å². The second kappa shape index (κ2) is 8.28. The van der Waals surface area contributed by atoms with Crippen LogP contribution in [-0.4, -0.2) is 41.2 Å². The van der Waals surface area contributed by atoms with E-state index in [0.29, 0.717) is 11.3 Å². The van der Waals surface area contributed by atoms with Crippen LogP contribution in [0.25, 0.3) is 0 Å². The fourth-order valence-corrected chi connectivity index (χ4v) is 2.50. The Hall–Kier alpha value is -3.16. The Bertz CT molecular complexity index is 842. The molecule has 2 amide bonds. The third-order valence-electron chi connectivity index (χ3n) is 4.03. The number of carbonyl (C=O) groups is 3. The van der Waals surface area contributed by atoms with Crippen molar-refractivity contribution in [3.8, 4) is 0 Å². The second-order valence-corrected chi connectivity index (χ2v) is 5.84. The molecule has 0 aliphatic rings. The van der Waals surface area contributed by atoms with Crippen molar-refractivity contribution in [2.75, 3.05) is 19.0 Å². The van der Waals surface area contributed by atoms with Crippen LogP contribution in [0.3, 0.4) is 0 Å². The number of anilines is 1. The van der Waals surface area contributed by atoms with Gasteiger partial charge in [-0.2, -0.15) is 5.10 Å². The molecule has 0 bridgehead atoms. The molecule has 0 fully saturated rings. The van der Waals surface area contributed by atoms with Crippen LogP contribution in [0, 0.1) is 13.8 Å². The Morgan fingerprint density at radius 2 is 1.96 bits per heavy atom. The first kappa shape index (κ1) is 19.2. The Morgan fingerprint density at radius 3 is 2.58 bits per heavy atom. The molecule has 0 spiro atoms. The quantitative estimate of drug-likeness (QED) is 0.754. The first-order valence-corrected chi connectivity index (χ1v) is 8.05. The molecule has 2 rings (SSSR count). The number of methoxy groups -OCH3 is 1. The highest BCUT2D eigenvalue weighted by Gasteiger charge is 2.14. The maximum atomic E-state index is 12.3. The minimum Gasteiger partial charge on any atom is -0.468 e. The number of nitrogens with one attached hydrogen (secondary N) is 2. The second-order valence-electron chi connectivity index (χ2n) is 5.84. The van der Waals surface area contributed by atoms with Gasteiger partial charge in [0.1, 0.15) is 6.54 Å². The Morgan fingerprint density at radius 1 is 1.23 bits per heavy atom. The predicted molar refractivity (Wildman–Crippen MR) is 95.8 cm³/mol. The van der Waals surface area contributed by atoms with Crippen molar-refractivity contribution in [2.45, 2.75) is 20.3 Å². The molecular formula is C18H22N4O4. The number of hydrogen-bond donors (Lipinski definition) is 2. The lowest BCUT2D eigenvalue weighted by Gasteiger charge is -2.08. The summed E-state index contributed by atoms with van der Waals surface area (Å²) < 4.78 is 6.21. The molecular weight excluding hydrogens is 336 g/mol. The van der Waals surface area contributed by atoms with Crippen molar-refractivity contribution in [3.05, 3.63) is 46.8 Å². The first-order valence-electron chi connectivity index (χ1n) is 8.05. The molecule has 0 aliphatic heterocycles. The number of ether oxygens (including phenoxy) is 1. The lowest BCUT2D eigenvalue weighted by atomic mass is 10.1. The van der Waals surface area contributed by atoms with Gasteiger partial charge in [0.15, 0.2) is 0 Å². The van der Waals surface area contributed by atoms with Crippen molar-refractivity contribution in [1.29, 1.82) is 0 Å². The van der Waals surface area contributed by atoms with Gasteiger partial charge in [0.2, 0.25) is 5.91 Å². The van der Waals surface area contributed by atoms with Gasteiger partial charge in [-0.15, -0.1) is 0 Å². The molecule has 0 saturated carbocycles. The monoisotopic (exact) mass is 358 g/mol. The van der Waals surface area contributed by atoms with E-state index in [4.69, 9.17) is 0 Å². The largest absolute Gasteiger partial charge is 0.468 e. The number of esters is 1. The number of rotatable bonds is 6. The van der Waals surface area contributed by atoms with E-state index in [2.05, 4.69) is 20.5 Å². The van der Waals surface area contributed by atoms with E-state index in [1.807, 2.05) is 20.9 Å². The van der Waals surface area contributed by atoms with E-state index < -0.39 is 11.9 Å². The van der Waals surface area contributed by atoms with Gasteiger partial charge in [-0.1, -0.05) is 6.07 Å². The summed E-state index contributed by atoms with van der Waals surface area (Å²) in [5, 5.41) is 9.52. The molecule has 0 unspecified atom stereocenters. The highest BCUT2D eigenvalue weighted by molar-refractivity contribution is 5.98. The van der Waals surface area contributed by atoms with Crippen LogP contribution < -0.4 is 10.6 Å². The van der Waals surface area contributed by atoms with Crippen molar-refractivity contribution in [2.24, 2.45) is 7.05 Å². The number of carbonyl (C=O) groups excluding carboxylic acids is 3. The van der Waals surface area contributed by atoms with Gasteiger partial charge < -0.3 is 15.4 Å². The Labute approximate surface area is 151 Å². The van der Waals surface area contributed by atoms with E-state index in [1.54, 1.807) is 28.9 Å². The number of aromatic nitrogens is 2. The van der Waals surface area contributed by atoms with Crippen LogP contribution in [0.15, 0.2) is 24.3 Å². The number of amides is 2. The zero-order chi connectivity index (χ0) is 19.3. The zero-order valence-electron chi connectivity index (χ0n) is 15.3. The number of benzene rings is 1. The van der Waals surface area contributed by atoms with Crippen LogP contribution in [-0.2, 0) is 27.8 Å². The van der Waals surface area contributed by atoms with Gasteiger partial charge >= 0.3 is 5.97 Å². The molecule has 0 radical (unpaired) electrons. The third kappa shape index (κ3) is 4.69. The van der Waals surface area contributed by atoms with Crippen LogP contribution in [0.1, 0.15) is 27.3 Å². The molecule has 8 nitrogen and oxygen atoms in total. The molecule has 26 heavy (non-hydrogen) atoms. The van der Waals surface area contributed by atoms with E-state index in [-0.39, 0.29) is 18.9 Å². The summed E-state index contributed by atoms with van der Waals surface area (Å²) >= 11 is 0. The fraction of sp³-hybridized carbons (Fsp3) is 0.333. The van der Waals surface area contributed by atoms with E-state index in [0.717, 1.165) is 17.0 Å². The van der Waals surface area contributed by atoms with Crippen LogP contribution in [0.5, 0.6) is 0 Å². The molecule has 0 aliphatic carbocycles. The normalized spacial score (nSPS) is 10.3. The van der Waals surface area contributed by atoms with E-state index in [1.165, 1.54) is 7.11 Å². The number of hydrogen-bond acceptors (Lipinski definition) is 5. The molecule has 8 heteroatoms. The van der Waals surface area contributed by atoms with Crippen LogP contribution in [0.4, 0.5) is 5.69 Å². The molecule has 0 saturated heterocycles. The summed E-state index contributed by atoms with van der Waals surface area (Å²) in [6.07, 6.45) is 0.199. The number of aryl methyl sites for hydroxylation is 2. The smallest absolute Gasteiger partial charge is 0.325 e. The topological polar surface area (TPSA) is 102 Å². The molecule has 1 heterocycles. The van der Waals surface area contributed by atoms with Gasteiger partial charge in [-0.25, -0.2) is 0 Å². The van der Waals surface area contributed by atoms with Gasteiger partial charge in [0.25, 0.3) is 5.91 Å². The number of nitrogens with zero attached hydrogens (tertiary/aromatic N) is 2. The maximum Gasteiger partial charge on any atom is 0.325 e. The molecule has 138 valence electrons. The Balaban J connectivity index is 2.02. The lowest BCUT2D eigenvalue weighted by Crippen LogP contribution is -2.30. The van der Waals surface area contributed by atoms with Gasteiger partial charge in [0.05, 0.1) is 19.2 Å². The first-order chi connectivity index (χ1) is 12.3. The van der Waals surface area contributed by atoms with Crippen LogP contribution in [0.2, 0.25) is 0 Å². The van der Waals surface area contributed by atoms with E-state index >= 15 is 0 Å². The zero-order valence-corrected chi connectivity index (χ0v) is 15.3. The minimum absolute atomic E-state index is 0.198. The summed E-state index contributed by atoms with van der Waals surface area (Å²) in [5.74, 6) is -1.16. The molecule has 1 aromatic carbocycles. The van der Waals surface area contributed by atoms with Crippen molar-refractivity contribution < 1.29 is 19.1 Å². The molecule has 2 N–H and O–H groups in total. The summed E-state index contributed by atoms with van der Waals surface area (Å²) in [6.45, 7) is 3.56. The maximum absolute atomic E-state index is 12.3. The third-order valence-corrected chi connectivity index (χ3v) is 4.03. The SMILES string of the molecule is COC(=O)CNC(=O)c1cccc(NC(=O)Cc2c(C)nn(C)c2C)c1. The average molecular weight is 358 g/mol. The highest BCUT2D eigenvalue weighted by Crippen LogP contribution is 2.15. The lowest BCUT2D eigenvalue weighted by molar-refractivity contribution is -0.139. The summed E-state index contributed by atoms with van der Waals surface area (Å²) in [6, 6.07) is 6.49. The molecule has 0 atom stereocenters. The van der Waals surface area contributed by atoms with Crippen molar-refractivity contribution >= 4 is 23.5 Å². The highest BCUT2D eigenvalue weighted by atomic mass is 16.5. The summed E-state index contributed by atoms with van der Waals surface area (Å²) in [7, 11) is 3.08. The van der Waals surface area contributed by atoms with Gasteiger partial charge in [-0.3, -0.25) is 19.1 Å². The van der Waals surface area contributed by atoms with Crippen LogP contribution >= 0.6 is 0 Å².